The fourth-order valence-electron chi connectivity index (χ4n) is 2.33. The first kappa shape index (κ1) is 13.3. The van der Waals surface area contributed by atoms with E-state index in [1.807, 2.05) is 29.8 Å². The third-order valence-corrected chi connectivity index (χ3v) is 4.22. The zero-order valence-electron chi connectivity index (χ0n) is 10.9. The predicted molar refractivity (Wildman–Crippen MR) is 79.0 cm³/mol. The zero-order valence-corrected chi connectivity index (χ0v) is 11.7. The minimum absolute atomic E-state index is 0.125. The van der Waals surface area contributed by atoms with Crippen LogP contribution in [0.3, 0.4) is 0 Å². The number of aliphatic hydroxyl groups is 1. The van der Waals surface area contributed by atoms with Gasteiger partial charge in [0.15, 0.2) is 0 Å². The normalized spacial score (nSPS) is 20.6. The van der Waals surface area contributed by atoms with Crippen molar-refractivity contribution in [2.45, 2.75) is 23.8 Å². The van der Waals surface area contributed by atoms with Crippen LogP contribution in [-0.2, 0) is 4.74 Å². The molecule has 2 N–H and O–H groups in total. The van der Waals surface area contributed by atoms with Crippen LogP contribution >= 0.6 is 11.8 Å². The summed E-state index contributed by atoms with van der Waals surface area (Å²) in [6, 6.07) is 5.89. The molecule has 0 aromatic heterocycles. The molecule has 2 aliphatic heterocycles. The van der Waals surface area contributed by atoms with E-state index in [4.69, 9.17) is 9.84 Å². The quantitative estimate of drug-likeness (QED) is 0.893. The highest BCUT2D eigenvalue weighted by Gasteiger charge is 2.32. The minimum Gasteiger partial charge on any atom is -0.444 e. The molecule has 2 aliphatic rings. The van der Waals surface area contributed by atoms with E-state index >= 15 is 0 Å². The van der Waals surface area contributed by atoms with Crippen molar-refractivity contribution in [2.24, 2.45) is 0 Å². The molecule has 1 aromatic rings. The maximum Gasteiger partial charge on any atom is 0.414 e. The van der Waals surface area contributed by atoms with Crippen molar-refractivity contribution in [1.29, 1.82) is 0 Å². The molecular formula is C14H16N2O3S. The average Bonchev–Trinajstić information content (AvgIpc) is 2.85. The van der Waals surface area contributed by atoms with Gasteiger partial charge in [-0.3, -0.25) is 4.90 Å². The monoisotopic (exact) mass is 292 g/mol. The molecule has 0 bridgehead atoms. The third kappa shape index (κ3) is 2.62. The standard InChI is InChI=1S/C14H16N2O3S/c17-6-1-2-11-9-16(14(18)19-11)10-3-4-13-12(8-10)15-5-7-20-13/h3-5,7-8,11,15,17H,1-2,6,9H2/t11-/m0/s1. The SMILES string of the molecule is O=C1O[C@@H](CCCO)CN1c1ccc2c(c1)NC=CS2. The summed E-state index contributed by atoms with van der Waals surface area (Å²) in [4.78, 5) is 14.7. The van der Waals surface area contributed by atoms with Crippen LogP contribution in [0.25, 0.3) is 0 Å². The molecular weight excluding hydrogens is 276 g/mol. The number of amides is 1. The molecule has 3 rings (SSSR count). The average molecular weight is 292 g/mol. The van der Waals surface area contributed by atoms with Crippen molar-refractivity contribution in [3.63, 3.8) is 0 Å². The second-order valence-electron chi connectivity index (χ2n) is 4.73. The Hall–Kier alpha value is -1.66. The van der Waals surface area contributed by atoms with E-state index in [0.717, 1.165) is 16.3 Å². The van der Waals surface area contributed by atoms with Crippen molar-refractivity contribution < 1.29 is 14.6 Å². The number of hydrogen-bond donors (Lipinski definition) is 2. The summed E-state index contributed by atoms with van der Waals surface area (Å²) in [6.45, 7) is 0.668. The van der Waals surface area contributed by atoms with Crippen LogP contribution in [0.4, 0.5) is 16.2 Å². The van der Waals surface area contributed by atoms with Gasteiger partial charge in [0.2, 0.25) is 0 Å². The first-order valence-corrected chi connectivity index (χ1v) is 7.47. The molecule has 0 radical (unpaired) electrons. The summed E-state index contributed by atoms with van der Waals surface area (Å²) >= 11 is 1.65. The molecule has 0 unspecified atom stereocenters. The van der Waals surface area contributed by atoms with Gasteiger partial charge in [-0.1, -0.05) is 11.8 Å². The molecule has 6 heteroatoms. The number of nitrogens with one attached hydrogen (secondary N) is 1. The number of hydrogen-bond acceptors (Lipinski definition) is 5. The number of benzene rings is 1. The van der Waals surface area contributed by atoms with Gasteiger partial charge in [0, 0.05) is 23.4 Å². The van der Waals surface area contributed by atoms with Crippen LogP contribution in [-0.4, -0.2) is 30.5 Å². The van der Waals surface area contributed by atoms with Gasteiger partial charge in [-0.15, -0.1) is 0 Å². The highest BCUT2D eigenvalue weighted by atomic mass is 32.2. The van der Waals surface area contributed by atoms with Crippen molar-refractivity contribution in [2.75, 3.05) is 23.4 Å². The van der Waals surface area contributed by atoms with Gasteiger partial charge in [0.25, 0.3) is 0 Å². The van der Waals surface area contributed by atoms with Crippen LogP contribution in [0.1, 0.15) is 12.8 Å². The van der Waals surface area contributed by atoms with Crippen LogP contribution in [0.2, 0.25) is 0 Å². The van der Waals surface area contributed by atoms with Gasteiger partial charge in [-0.2, -0.15) is 0 Å². The maximum absolute atomic E-state index is 11.9. The number of rotatable bonds is 4. The number of carbonyl (C=O) groups is 1. The summed E-state index contributed by atoms with van der Waals surface area (Å²) in [5.74, 6) is 0. The van der Waals surface area contributed by atoms with Crippen LogP contribution in [0.5, 0.6) is 0 Å². The number of fused-ring (bicyclic) bond motifs is 1. The third-order valence-electron chi connectivity index (χ3n) is 3.33. The Balaban J connectivity index is 1.75. The highest BCUT2D eigenvalue weighted by Crippen LogP contribution is 2.35. The van der Waals surface area contributed by atoms with E-state index in [0.29, 0.717) is 19.4 Å². The van der Waals surface area contributed by atoms with Gasteiger partial charge in [0.1, 0.15) is 6.10 Å². The lowest BCUT2D eigenvalue weighted by molar-refractivity contribution is 0.130. The van der Waals surface area contributed by atoms with E-state index in [1.165, 1.54) is 0 Å². The summed E-state index contributed by atoms with van der Waals surface area (Å²) in [5, 5.41) is 14.0. The lowest BCUT2D eigenvalue weighted by Gasteiger charge is -2.17. The Bertz CT molecular complexity index is 547. The van der Waals surface area contributed by atoms with Crippen molar-refractivity contribution >= 4 is 29.2 Å². The Morgan fingerprint density at radius 3 is 3.25 bits per heavy atom. The number of anilines is 2. The Morgan fingerprint density at radius 1 is 1.50 bits per heavy atom. The molecule has 0 spiro atoms. The number of nitrogens with zero attached hydrogens (tertiary/aromatic N) is 1. The molecule has 1 saturated heterocycles. The Morgan fingerprint density at radius 2 is 2.40 bits per heavy atom. The molecule has 2 heterocycles. The molecule has 1 amide bonds. The first-order valence-electron chi connectivity index (χ1n) is 6.59. The van der Waals surface area contributed by atoms with Gasteiger partial charge >= 0.3 is 6.09 Å². The molecule has 1 atom stereocenters. The predicted octanol–water partition coefficient (Wildman–Crippen LogP) is 2.77. The van der Waals surface area contributed by atoms with Gasteiger partial charge in [0.05, 0.1) is 12.2 Å². The molecule has 0 saturated carbocycles. The van der Waals surface area contributed by atoms with E-state index in [9.17, 15) is 4.79 Å². The topological polar surface area (TPSA) is 61.8 Å². The lowest BCUT2D eigenvalue weighted by Crippen LogP contribution is -2.24. The number of aliphatic hydroxyl groups excluding tert-OH is 1. The van der Waals surface area contributed by atoms with E-state index in [-0.39, 0.29) is 18.8 Å². The smallest absolute Gasteiger partial charge is 0.414 e. The summed E-state index contributed by atoms with van der Waals surface area (Å²) < 4.78 is 5.31. The Kier molecular flexibility index (Phi) is 3.84. The van der Waals surface area contributed by atoms with Crippen molar-refractivity contribution in [3.8, 4) is 0 Å². The zero-order chi connectivity index (χ0) is 13.9. The van der Waals surface area contributed by atoms with Gasteiger partial charge in [-0.05, 0) is 36.4 Å². The van der Waals surface area contributed by atoms with E-state index in [2.05, 4.69) is 5.32 Å². The molecule has 1 aromatic carbocycles. The second kappa shape index (κ2) is 5.76. The fourth-order valence-corrected chi connectivity index (χ4v) is 3.01. The number of cyclic esters (lactones) is 1. The molecule has 5 nitrogen and oxygen atoms in total. The summed E-state index contributed by atoms with van der Waals surface area (Å²) in [5.41, 5.74) is 1.84. The van der Waals surface area contributed by atoms with E-state index in [1.54, 1.807) is 16.7 Å². The lowest BCUT2D eigenvalue weighted by atomic mass is 10.2. The molecule has 1 fully saturated rings. The van der Waals surface area contributed by atoms with Gasteiger partial charge < -0.3 is 15.2 Å². The minimum atomic E-state index is -0.313. The fraction of sp³-hybridized carbons (Fsp3) is 0.357. The molecule has 20 heavy (non-hydrogen) atoms. The number of thioether (sulfide) groups is 1. The molecule has 0 aliphatic carbocycles. The number of ether oxygens (including phenoxy) is 1. The van der Waals surface area contributed by atoms with Crippen LogP contribution in [0, 0.1) is 0 Å². The first-order chi connectivity index (χ1) is 9.78. The summed E-state index contributed by atoms with van der Waals surface area (Å²) in [6.07, 6.45) is 2.78. The molecule has 106 valence electrons. The highest BCUT2D eigenvalue weighted by molar-refractivity contribution is 8.02. The summed E-state index contributed by atoms with van der Waals surface area (Å²) in [7, 11) is 0. The van der Waals surface area contributed by atoms with Crippen LogP contribution < -0.4 is 10.2 Å². The van der Waals surface area contributed by atoms with Crippen molar-refractivity contribution in [1.82, 2.24) is 0 Å². The van der Waals surface area contributed by atoms with Crippen molar-refractivity contribution in [3.05, 3.63) is 29.8 Å². The van der Waals surface area contributed by atoms with E-state index < -0.39 is 0 Å². The maximum atomic E-state index is 11.9. The second-order valence-corrected chi connectivity index (χ2v) is 5.68. The largest absolute Gasteiger partial charge is 0.444 e. The number of carbonyl (C=O) groups excluding carboxylic acids is 1. The Labute approximate surface area is 121 Å². The van der Waals surface area contributed by atoms with Crippen LogP contribution in [0.15, 0.2) is 34.7 Å². The van der Waals surface area contributed by atoms with Gasteiger partial charge in [-0.25, -0.2) is 4.79 Å².